The van der Waals surface area contributed by atoms with Gasteiger partial charge < -0.3 is 0 Å². The van der Waals surface area contributed by atoms with Crippen molar-refractivity contribution in [2.24, 2.45) is 35.0 Å². The van der Waals surface area contributed by atoms with E-state index in [9.17, 15) is 0 Å². The van der Waals surface area contributed by atoms with Crippen molar-refractivity contribution in [3.05, 3.63) is 12.2 Å². The van der Waals surface area contributed by atoms with E-state index in [-0.39, 0.29) is 0 Å². The monoisotopic (exact) mass is 348 g/mol. The van der Waals surface area contributed by atoms with Crippen molar-refractivity contribution in [3.63, 3.8) is 0 Å². The minimum atomic E-state index is 0.495. The van der Waals surface area contributed by atoms with Crippen molar-refractivity contribution in [2.45, 2.75) is 113 Å². The van der Waals surface area contributed by atoms with Crippen molar-refractivity contribution in [1.29, 1.82) is 0 Å². The summed E-state index contributed by atoms with van der Waals surface area (Å²) in [6, 6.07) is 0. The fourth-order valence-electron chi connectivity index (χ4n) is 5.02. The SMILES string of the molecule is CCCCC1CCC(C)(C)CC(CC(C)C)CC=CCCC(C)C1C. The number of unbranched alkanes of at least 4 members (excludes halogenated alkanes) is 1. The third kappa shape index (κ3) is 9.30. The van der Waals surface area contributed by atoms with Crippen LogP contribution >= 0.6 is 0 Å². The molecule has 0 bridgehead atoms. The van der Waals surface area contributed by atoms with Gasteiger partial charge in [-0.25, -0.2) is 0 Å². The van der Waals surface area contributed by atoms with Crippen LogP contribution in [-0.4, -0.2) is 0 Å². The van der Waals surface area contributed by atoms with Crippen LogP contribution in [0.25, 0.3) is 0 Å². The summed E-state index contributed by atoms with van der Waals surface area (Å²) in [5.41, 5.74) is 0.495. The molecular weight excluding hydrogens is 300 g/mol. The van der Waals surface area contributed by atoms with Gasteiger partial charge in [0.1, 0.15) is 0 Å². The summed E-state index contributed by atoms with van der Waals surface area (Å²) in [4.78, 5) is 0. The molecule has 1 aliphatic rings. The van der Waals surface area contributed by atoms with E-state index in [4.69, 9.17) is 0 Å². The summed E-state index contributed by atoms with van der Waals surface area (Å²) < 4.78 is 0. The summed E-state index contributed by atoms with van der Waals surface area (Å²) in [6.45, 7) is 17.2. The summed E-state index contributed by atoms with van der Waals surface area (Å²) in [5, 5.41) is 0. The van der Waals surface area contributed by atoms with Crippen LogP contribution in [0.3, 0.4) is 0 Å². The molecule has 0 aliphatic heterocycles. The molecule has 0 aromatic rings. The topological polar surface area (TPSA) is 0 Å². The largest absolute Gasteiger partial charge is 0.0885 e. The molecule has 0 fully saturated rings. The highest BCUT2D eigenvalue weighted by atomic mass is 14.3. The number of hydrogen-bond donors (Lipinski definition) is 0. The summed E-state index contributed by atoms with van der Waals surface area (Å²) >= 11 is 0. The summed E-state index contributed by atoms with van der Waals surface area (Å²) in [7, 11) is 0. The smallest absolute Gasteiger partial charge is 0.0322 e. The minimum absolute atomic E-state index is 0.495. The van der Waals surface area contributed by atoms with E-state index in [2.05, 4.69) is 60.6 Å². The molecule has 0 aromatic heterocycles. The number of rotatable bonds is 5. The van der Waals surface area contributed by atoms with Crippen LogP contribution in [0.1, 0.15) is 113 Å². The van der Waals surface area contributed by atoms with Gasteiger partial charge in [0.25, 0.3) is 0 Å². The lowest BCUT2D eigenvalue weighted by atomic mass is 9.71. The summed E-state index contributed by atoms with van der Waals surface area (Å²) in [6.07, 6.45) is 18.8. The van der Waals surface area contributed by atoms with Crippen molar-refractivity contribution in [3.8, 4) is 0 Å². The molecular formula is C25H48. The zero-order valence-corrected chi connectivity index (χ0v) is 18.6. The Bertz CT molecular complexity index is 362. The molecule has 0 heterocycles. The zero-order valence-electron chi connectivity index (χ0n) is 18.6. The second kappa shape index (κ2) is 11.5. The van der Waals surface area contributed by atoms with Gasteiger partial charge in [-0.3, -0.25) is 0 Å². The van der Waals surface area contributed by atoms with Crippen LogP contribution in [0.15, 0.2) is 12.2 Å². The van der Waals surface area contributed by atoms with Gasteiger partial charge in [0.05, 0.1) is 0 Å². The van der Waals surface area contributed by atoms with Crippen molar-refractivity contribution in [2.75, 3.05) is 0 Å². The quantitative estimate of drug-likeness (QED) is 0.436. The molecule has 0 N–H and O–H groups in total. The maximum atomic E-state index is 2.54. The molecule has 1 rings (SSSR count). The molecule has 0 saturated heterocycles. The molecule has 1 aliphatic carbocycles. The minimum Gasteiger partial charge on any atom is -0.0885 e. The number of allylic oxidation sites excluding steroid dienone is 2. The third-order valence-corrected chi connectivity index (χ3v) is 6.83. The standard InChI is InChI=1S/C25H48/c1-8-9-15-24-16-17-25(6,7)19-23(18-20(2)3)14-12-10-11-13-21(4)22(24)5/h10,12,20-24H,8-9,11,13-19H2,1-7H3. The van der Waals surface area contributed by atoms with Crippen molar-refractivity contribution >= 4 is 0 Å². The Morgan fingerprint density at radius 1 is 1.08 bits per heavy atom. The van der Waals surface area contributed by atoms with Crippen molar-refractivity contribution in [1.82, 2.24) is 0 Å². The Morgan fingerprint density at radius 3 is 2.44 bits per heavy atom. The van der Waals surface area contributed by atoms with Gasteiger partial charge >= 0.3 is 0 Å². The molecule has 4 unspecified atom stereocenters. The van der Waals surface area contributed by atoms with Gasteiger partial charge in [-0.15, -0.1) is 0 Å². The van der Waals surface area contributed by atoms with Crippen molar-refractivity contribution < 1.29 is 0 Å². The Kier molecular flexibility index (Phi) is 10.4. The third-order valence-electron chi connectivity index (χ3n) is 6.83. The Labute approximate surface area is 160 Å². The van der Waals surface area contributed by atoms with Gasteiger partial charge in [0.2, 0.25) is 0 Å². The molecule has 4 atom stereocenters. The zero-order chi connectivity index (χ0) is 18.9. The van der Waals surface area contributed by atoms with E-state index in [1.165, 1.54) is 64.2 Å². The molecule has 148 valence electrons. The lowest BCUT2D eigenvalue weighted by Crippen LogP contribution is -2.23. The van der Waals surface area contributed by atoms with E-state index in [1.54, 1.807) is 0 Å². The molecule has 0 aromatic carbocycles. The lowest BCUT2D eigenvalue weighted by Gasteiger charge is -2.34. The molecule has 25 heavy (non-hydrogen) atoms. The van der Waals surface area contributed by atoms with Gasteiger partial charge in [-0.2, -0.15) is 0 Å². The average Bonchev–Trinajstić information content (AvgIpc) is 2.52. The Balaban J connectivity index is 2.86. The van der Waals surface area contributed by atoms with Gasteiger partial charge in [0, 0.05) is 0 Å². The van der Waals surface area contributed by atoms with E-state index in [0.717, 1.165) is 29.6 Å². The van der Waals surface area contributed by atoms with Gasteiger partial charge in [-0.1, -0.05) is 79.9 Å². The molecule has 0 heteroatoms. The first-order valence-corrected chi connectivity index (χ1v) is 11.4. The molecule has 0 radical (unpaired) electrons. The highest BCUT2D eigenvalue weighted by Crippen LogP contribution is 2.39. The first-order valence-electron chi connectivity index (χ1n) is 11.4. The second-order valence-electron chi connectivity index (χ2n) is 10.4. The fraction of sp³-hybridized carbons (Fsp3) is 0.920. The van der Waals surface area contributed by atoms with Crippen LogP contribution in [0, 0.1) is 35.0 Å². The van der Waals surface area contributed by atoms with Gasteiger partial charge in [-0.05, 0) is 80.0 Å². The highest BCUT2D eigenvalue weighted by molar-refractivity contribution is 4.88. The predicted octanol–water partition coefficient (Wildman–Crippen LogP) is 8.66. The van der Waals surface area contributed by atoms with Crippen LogP contribution in [0.4, 0.5) is 0 Å². The first kappa shape index (κ1) is 22.8. The van der Waals surface area contributed by atoms with E-state index < -0.39 is 0 Å². The maximum Gasteiger partial charge on any atom is -0.0322 e. The lowest BCUT2D eigenvalue weighted by molar-refractivity contribution is 0.169. The summed E-state index contributed by atoms with van der Waals surface area (Å²) in [5.74, 6) is 4.37. The molecule has 0 spiro atoms. The Hall–Kier alpha value is -0.260. The van der Waals surface area contributed by atoms with E-state index in [1.807, 2.05) is 0 Å². The predicted molar refractivity (Wildman–Crippen MR) is 115 cm³/mol. The first-order chi connectivity index (χ1) is 11.7. The number of hydrogen-bond acceptors (Lipinski definition) is 0. The fourth-order valence-corrected chi connectivity index (χ4v) is 5.02. The normalized spacial score (nSPS) is 32.0. The van der Waals surface area contributed by atoms with Crippen LogP contribution in [-0.2, 0) is 0 Å². The Morgan fingerprint density at radius 2 is 1.80 bits per heavy atom. The second-order valence-corrected chi connectivity index (χ2v) is 10.4. The van der Waals surface area contributed by atoms with E-state index >= 15 is 0 Å². The van der Waals surface area contributed by atoms with E-state index in [0.29, 0.717) is 5.41 Å². The molecule has 0 amide bonds. The molecule has 0 saturated carbocycles. The van der Waals surface area contributed by atoms with Gasteiger partial charge in [0.15, 0.2) is 0 Å². The van der Waals surface area contributed by atoms with Crippen LogP contribution < -0.4 is 0 Å². The van der Waals surface area contributed by atoms with Crippen LogP contribution in [0.2, 0.25) is 0 Å². The average molecular weight is 349 g/mol. The maximum absolute atomic E-state index is 2.54. The molecule has 0 nitrogen and oxygen atoms in total. The van der Waals surface area contributed by atoms with Crippen LogP contribution in [0.5, 0.6) is 0 Å². The highest BCUT2D eigenvalue weighted by Gasteiger charge is 2.28.